The number of hydrogen-bond donors (Lipinski definition) is 1. The lowest BCUT2D eigenvalue weighted by molar-refractivity contribution is -0.134. The molecule has 2 aliphatic rings. The second-order valence-electron chi connectivity index (χ2n) is 11.6. The largest absolute Gasteiger partial charge is 0.505 e. The third-order valence-electron chi connectivity index (χ3n) is 8.56. The predicted octanol–water partition coefficient (Wildman–Crippen LogP) is 8.81. The predicted molar refractivity (Wildman–Crippen MR) is 160 cm³/mol. The number of alkyl halides is 3. The molecule has 3 nitrogen and oxygen atoms in total. The molecular weight excluding hydrogens is 569 g/mol. The van der Waals surface area contributed by atoms with Gasteiger partial charge in [0.05, 0.1) is 0 Å². The van der Waals surface area contributed by atoms with Crippen LogP contribution in [0.1, 0.15) is 93.7 Å². The molecule has 1 heterocycles. The van der Waals surface area contributed by atoms with Crippen LogP contribution < -0.4 is 0 Å². The van der Waals surface area contributed by atoms with Gasteiger partial charge in [0.2, 0.25) is 0 Å². The lowest BCUT2D eigenvalue weighted by atomic mass is 9.89. The number of rotatable bonds is 14. The van der Waals surface area contributed by atoms with Crippen LogP contribution in [-0.4, -0.2) is 51.0 Å². The number of aromatic hydroxyl groups is 1. The summed E-state index contributed by atoms with van der Waals surface area (Å²) in [5, 5.41) is 9.98. The number of benzene rings is 2. The number of allylic oxidation sites excluding steroid dienone is 2. The molecule has 42 heavy (non-hydrogen) atoms. The third-order valence-corrected chi connectivity index (χ3v) is 9.99. The smallest absolute Gasteiger partial charge is 0.389 e. The minimum atomic E-state index is -4.18. The zero-order chi connectivity index (χ0) is 30.1. The lowest BCUT2D eigenvalue weighted by Crippen LogP contribution is -2.31. The number of phenolic OH excluding ortho intramolecular Hbond substituents is 1. The fraction of sp³-hybridized carbons (Fsp3) is 0.576. The van der Waals surface area contributed by atoms with Crippen molar-refractivity contribution in [3.8, 4) is 5.75 Å². The fourth-order valence-electron chi connectivity index (χ4n) is 6.41. The highest BCUT2D eigenvalue weighted by Crippen LogP contribution is 2.40. The molecule has 1 fully saturated rings. The van der Waals surface area contributed by atoms with Crippen LogP contribution in [-0.2, 0) is 17.2 Å². The first-order valence-corrected chi connectivity index (χ1v) is 16.7. The van der Waals surface area contributed by atoms with E-state index in [-0.39, 0.29) is 23.7 Å². The molecule has 2 aromatic carbocycles. The van der Waals surface area contributed by atoms with Gasteiger partial charge in [0, 0.05) is 34.8 Å². The van der Waals surface area contributed by atoms with E-state index in [1.165, 1.54) is 18.2 Å². The molecular formula is C33H42F5NO2S. The highest BCUT2D eigenvalue weighted by Gasteiger charge is 2.27. The first-order valence-electron chi connectivity index (χ1n) is 15.3. The maximum absolute atomic E-state index is 14.5. The van der Waals surface area contributed by atoms with Crippen LogP contribution in [0.2, 0.25) is 0 Å². The summed E-state index contributed by atoms with van der Waals surface area (Å²) >= 11 is 0. The van der Waals surface area contributed by atoms with Gasteiger partial charge < -0.3 is 10.0 Å². The fourth-order valence-corrected chi connectivity index (χ4v) is 7.61. The molecule has 2 atom stereocenters. The van der Waals surface area contributed by atoms with Crippen molar-refractivity contribution in [2.75, 3.05) is 24.6 Å². The van der Waals surface area contributed by atoms with Crippen LogP contribution in [0.25, 0.3) is 11.1 Å². The Bertz CT molecular complexity index is 1230. The van der Waals surface area contributed by atoms with Gasteiger partial charge in [-0.15, -0.1) is 0 Å². The highest BCUT2D eigenvalue weighted by molar-refractivity contribution is 7.84. The summed E-state index contributed by atoms with van der Waals surface area (Å²) in [7, 11) is -1.20. The molecule has 1 saturated heterocycles. The Kier molecular flexibility index (Phi) is 12.0. The number of hydrogen-bond acceptors (Lipinski definition) is 3. The van der Waals surface area contributed by atoms with Gasteiger partial charge in [-0.25, -0.2) is 8.78 Å². The summed E-state index contributed by atoms with van der Waals surface area (Å²) in [6.45, 7) is 1.97. The maximum Gasteiger partial charge on any atom is 0.389 e. The van der Waals surface area contributed by atoms with Gasteiger partial charge in [-0.05, 0) is 129 Å². The number of halogens is 5. The van der Waals surface area contributed by atoms with Crippen LogP contribution in [0.15, 0.2) is 36.4 Å². The molecule has 0 amide bonds. The summed E-state index contributed by atoms with van der Waals surface area (Å²) in [5.74, 6) is -0.669. The van der Waals surface area contributed by atoms with E-state index in [4.69, 9.17) is 0 Å². The Hall–Kier alpha value is -2.26. The molecule has 9 heteroatoms. The standard InChI is InChI=1S/C33H42F5NO2S/c34-26-14-12-24(13-15-26)28-11-5-8-25-22-32(40)31(35)23-30(25)29(28)10-3-1-2-4-18-39-19-6-9-27(39)16-21-42(41)20-7-17-33(36,37)38/h12-15,22-23,27,40H,1-11,16-21H2/t27-,42?/m1/s1. The van der Waals surface area contributed by atoms with Gasteiger partial charge in [0.1, 0.15) is 5.82 Å². The number of nitrogens with zero attached hydrogens (tertiary/aromatic N) is 1. The van der Waals surface area contributed by atoms with Crippen molar-refractivity contribution in [1.29, 1.82) is 0 Å². The van der Waals surface area contributed by atoms with E-state index in [0.717, 1.165) is 112 Å². The SMILES string of the molecule is O=S(CCCC(F)(F)F)CC[C@H]1CCCN1CCCCCCC1=C(c2ccc(F)cc2)CCCc2cc(O)c(F)cc21. The van der Waals surface area contributed by atoms with E-state index in [1.54, 1.807) is 18.2 Å². The first-order chi connectivity index (χ1) is 20.1. The van der Waals surface area contributed by atoms with Gasteiger partial charge in [0.25, 0.3) is 0 Å². The quantitative estimate of drug-likeness (QED) is 0.171. The molecule has 1 aliphatic carbocycles. The highest BCUT2D eigenvalue weighted by atomic mass is 32.2. The van der Waals surface area contributed by atoms with E-state index in [1.807, 2.05) is 0 Å². The topological polar surface area (TPSA) is 40.5 Å². The van der Waals surface area contributed by atoms with E-state index < -0.39 is 29.2 Å². The van der Waals surface area contributed by atoms with E-state index in [2.05, 4.69) is 4.90 Å². The molecule has 0 bridgehead atoms. The van der Waals surface area contributed by atoms with Crippen molar-refractivity contribution < 1.29 is 31.3 Å². The number of fused-ring (bicyclic) bond motifs is 1. The van der Waals surface area contributed by atoms with Gasteiger partial charge in [0.15, 0.2) is 11.6 Å². The first kappa shape index (κ1) is 32.6. The third kappa shape index (κ3) is 9.63. The zero-order valence-electron chi connectivity index (χ0n) is 24.2. The lowest BCUT2D eigenvalue weighted by Gasteiger charge is -2.24. The Morgan fingerprint density at radius 3 is 2.45 bits per heavy atom. The minimum absolute atomic E-state index is 0.0736. The molecule has 1 unspecified atom stereocenters. The Balaban J connectivity index is 1.28. The van der Waals surface area contributed by atoms with Gasteiger partial charge in [-0.3, -0.25) is 4.21 Å². The normalized spacial score (nSPS) is 18.7. The summed E-state index contributed by atoms with van der Waals surface area (Å²) < 4.78 is 77.3. The average molecular weight is 612 g/mol. The van der Waals surface area contributed by atoms with Crippen molar-refractivity contribution in [2.24, 2.45) is 0 Å². The summed E-state index contributed by atoms with van der Waals surface area (Å²) in [5.41, 5.74) is 4.94. The number of aryl methyl sites for hydroxylation is 1. The van der Waals surface area contributed by atoms with E-state index >= 15 is 0 Å². The molecule has 4 rings (SSSR count). The van der Waals surface area contributed by atoms with Crippen molar-refractivity contribution in [3.05, 3.63) is 64.7 Å². The van der Waals surface area contributed by atoms with Gasteiger partial charge in [-0.1, -0.05) is 25.0 Å². The Morgan fingerprint density at radius 2 is 1.69 bits per heavy atom. The molecule has 1 aliphatic heterocycles. The molecule has 2 aromatic rings. The molecule has 0 spiro atoms. The number of phenols is 1. The molecule has 1 N–H and O–H groups in total. The second-order valence-corrected chi connectivity index (χ2v) is 13.3. The molecule has 0 saturated carbocycles. The molecule has 0 radical (unpaired) electrons. The van der Waals surface area contributed by atoms with Crippen LogP contribution in [0.5, 0.6) is 5.75 Å². The van der Waals surface area contributed by atoms with Crippen molar-refractivity contribution >= 4 is 21.9 Å². The zero-order valence-corrected chi connectivity index (χ0v) is 25.0. The second kappa shape index (κ2) is 15.5. The average Bonchev–Trinajstić information content (AvgIpc) is 3.32. The van der Waals surface area contributed by atoms with Gasteiger partial charge in [-0.2, -0.15) is 13.2 Å². The van der Waals surface area contributed by atoms with Crippen LogP contribution in [0, 0.1) is 11.6 Å². The Morgan fingerprint density at radius 1 is 0.929 bits per heavy atom. The van der Waals surface area contributed by atoms with Crippen molar-refractivity contribution in [2.45, 2.75) is 95.7 Å². The van der Waals surface area contributed by atoms with Crippen molar-refractivity contribution in [3.63, 3.8) is 0 Å². The number of likely N-dealkylation sites (tertiary alicyclic amines) is 1. The van der Waals surface area contributed by atoms with Gasteiger partial charge >= 0.3 is 6.18 Å². The monoisotopic (exact) mass is 611 g/mol. The van der Waals surface area contributed by atoms with Crippen molar-refractivity contribution in [1.82, 2.24) is 4.90 Å². The molecule has 0 aromatic heterocycles. The maximum atomic E-state index is 14.5. The summed E-state index contributed by atoms with van der Waals surface area (Å²) in [4.78, 5) is 2.44. The van der Waals surface area contributed by atoms with Crippen LogP contribution >= 0.6 is 0 Å². The summed E-state index contributed by atoms with van der Waals surface area (Å²) in [6, 6.07) is 9.84. The van der Waals surface area contributed by atoms with Crippen LogP contribution in [0.4, 0.5) is 22.0 Å². The Labute approximate surface area is 248 Å². The summed E-state index contributed by atoms with van der Waals surface area (Å²) in [6.07, 6.45) is 5.00. The minimum Gasteiger partial charge on any atom is -0.505 e. The van der Waals surface area contributed by atoms with E-state index in [9.17, 15) is 31.3 Å². The van der Waals surface area contributed by atoms with Crippen LogP contribution in [0.3, 0.4) is 0 Å². The number of unbranched alkanes of at least 4 members (excludes halogenated alkanes) is 3. The van der Waals surface area contributed by atoms with E-state index in [0.29, 0.717) is 11.8 Å². The molecule has 232 valence electrons.